The van der Waals surface area contributed by atoms with E-state index in [1.54, 1.807) is 0 Å². The van der Waals surface area contributed by atoms with E-state index in [1.165, 1.54) is 22.4 Å². The summed E-state index contributed by atoms with van der Waals surface area (Å²) < 4.78 is 7.76. The summed E-state index contributed by atoms with van der Waals surface area (Å²) in [6, 6.07) is 21.3. The van der Waals surface area contributed by atoms with E-state index in [4.69, 9.17) is 9.84 Å². The molecule has 2 heterocycles. The molecule has 1 aliphatic heterocycles. The Labute approximate surface area is 212 Å². The average Bonchev–Trinajstić information content (AvgIpc) is 3.33. The van der Waals surface area contributed by atoms with E-state index in [2.05, 4.69) is 78.0 Å². The molecule has 2 aromatic carbocycles. The number of aromatic nitrogens is 2. The minimum absolute atomic E-state index is 0.0535. The number of aliphatic hydroxyl groups is 1. The second-order valence-electron chi connectivity index (χ2n) is 10.6. The van der Waals surface area contributed by atoms with Crippen LogP contribution in [0.3, 0.4) is 0 Å². The quantitative estimate of drug-likeness (QED) is 0.530. The Morgan fingerprint density at radius 2 is 1.75 bits per heavy atom. The largest absolute Gasteiger partial charge is 0.511 e. The molecule has 0 saturated carbocycles. The second kappa shape index (κ2) is 8.83. The lowest BCUT2D eigenvalue weighted by Gasteiger charge is -2.48. The molecule has 6 nitrogen and oxygen atoms in total. The van der Waals surface area contributed by atoms with Gasteiger partial charge in [-0.3, -0.25) is 0 Å². The zero-order chi connectivity index (χ0) is 24.9. The molecular weight excluding hydrogens is 448 g/mol. The van der Waals surface area contributed by atoms with E-state index >= 15 is 0 Å². The molecule has 184 valence electrons. The van der Waals surface area contributed by atoms with Crippen LogP contribution in [0.5, 0.6) is 0 Å². The molecule has 2 aliphatic carbocycles. The maximum atomic E-state index is 10.8. The zero-order valence-electron chi connectivity index (χ0n) is 20.9. The summed E-state index contributed by atoms with van der Waals surface area (Å²) in [7, 11) is 0. The van der Waals surface area contributed by atoms with E-state index in [-0.39, 0.29) is 23.0 Å². The molecule has 3 aromatic rings. The van der Waals surface area contributed by atoms with E-state index in [0.29, 0.717) is 25.2 Å². The van der Waals surface area contributed by atoms with Gasteiger partial charge in [0.2, 0.25) is 0 Å². The SMILES string of the molecule is C[C@H]1C(O)=C(C#N)C[C@@]2(C)c3c(c(N4CCOCC4)nn3-c3ccc(-c4ccccc4)cc3)CC[C@H]12. The van der Waals surface area contributed by atoms with Crippen molar-refractivity contribution >= 4 is 5.82 Å². The first kappa shape index (κ1) is 22.9. The van der Waals surface area contributed by atoms with Crippen LogP contribution in [-0.2, 0) is 16.6 Å². The number of rotatable bonds is 3. The topological polar surface area (TPSA) is 74.3 Å². The van der Waals surface area contributed by atoms with Crippen molar-refractivity contribution in [2.75, 3.05) is 31.2 Å². The van der Waals surface area contributed by atoms with Crippen molar-refractivity contribution in [3.05, 3.63) is 77.2 Å². The number of hydrogen-bond acceptors (Lipinski definition) is 5. The van der Waals surface area contributed by atoms with Gasteiger partial charge in [-0.1, -0.05) is 56.3 Å². The highest BCUT2D eigenvalue weighted by atomic mass is 16.5. The van der Waals surface area contributed by atoms with Crippen LogP contribution in [-0.4, -0.2) is 41.2 Å². The summed E-state index contributed by atoms with van der Waals surface area (Å²) in [4.78, 5) is 2.35. The monoisotopic (exact) mass is 480 g/mol. The van der Waals surface area contributed by atoms with E-state index < -0.39 is 0 Å². The third-order valence-corrected chi connectivity index (χ3v) is 8.58. The van der Waals surface area contributed by atoms with Gasteiger partial charge in [0.15, 0.2) is 5.82 Å². The predicted octanol–water partition coefficient (Wildman–Crippen LogP) is 5.57. The fraction of sp³-hybridized carbons (Fsp3) is 0.400. The number of benzene rings is 2. The van der Waals surface area contributed by atoms with Gasteiger partial charge in [-0.2, -0.15) is 5.26 Å². The van der Waals surface area contributed by atoms with Crippen molar-refractivity contribution in [3.8, 4) is 22.9 Å². The minimum atomic E-state index is -0.292. The highest BCUT2D eigenvalue weighted by Gasteiger charge is 2.51. The normalized spacial score (nSPS) is 25.8. The lowest BCUT2D eigenvalue weighted by Crippen LogP contribution is -2.45. The fourth-order valence-electron chi connectivity index (χ4n) is 6.73. The van der Waals surface area contributed by atoms with Crippen LogP contribution in [0.4, 0.5) is 5.82 Å². The number of ether oxygens (including phenoxy) is 1. The van der Waals surface area contributed by atoms with E-state index in [0.717, 1.165) is 37.4 Å². The molecule has 0 unspecified atom stereocenters. The van der Waals surface area contributed by atoms with Gasteiger partial charge in [0.25, 0.3) is 0 Å². The van der Waals surface area contributed by atoms with Gasteiger partial charge in [-0.05, 0) is 48.4 Å². The number of fused-ring (bicyclic) bond motifs is 3. The van der Waals surface area contributed by atoms with Crippen LogP contribution in [0.1, 0.15) is 37.9 Å². The van der Waals surface area contributed by atoms with Crippen molar-refractivity contribution in [2.45, 2.75) is 38.5 Å². The summed E-state index contributed by atoms with van der Waals surface area (Å²) in [5, 5.41) is 25.9. The number of nitriles is 1. The van der Waals surface area contributed by atoms with Crippen LogP contribution in [0, 0.1) is 23.2 Å². The Balaban J connectivity index is 1.50. The Morgan fingerprint density at radius 3 is 2.44 bits per heavy atom. The third-order valence-electron chi connectivity index (χ3n) is 8.58. The Hall–Kier alpha value is -3.56. The van der Waals surface area contributed by atoms with Gasteiger partial charge < -0.3 is 14.7 Å². The van der Waals surface area contributed by atoms with E-state index in [1.807, 2.05) is 6.07 Å². The van der Waals surface area contributed by atoms with Crippen LogP contribution in [0.15, 0.2) is 65.9 Å². The van der Waals surface area contributed by atoms with Crippen molar-refractivity contribution in [1.29, 1.82) is 5.26 Å². The highest BCUT2D eigenvalue weighted by Crippen LogP contribution is 2.55. The van der Waals surface area contributed by atoms with E-state index in [9.17, 15) is 10.4 Å². The molecule has 3 atom stereocenters. The van der Waals surface area contributed by atoms with Crippen LogP contribution in [0.2, 0.25) is 0 Å². The summed E-state index contributed by atoms with van der Waals surface area (Å²) >= 11 is 0. The number of allylic oxidation sites excluding steroid dienone is 2. The second-order valence-corrected chi connectivity index (χ2v) is 10.6. The highest BCUT2D eigenvalue weighted by molar-refractivity contribution is 5.65. The number of anilines is 1. The zero-order valence-corrected chi connectivity index (χ0v) is 20.9. The maximum absolute atomic E-state index is 10.8. The molecule has 3 aliphatic rings. The smallest absolute Gasteiger partial charge is 0.154 e. The van der Waals surface area contributed by atoms with Crippen molar-refractivity contribution in [2.24, 2.45) is 11.8 Å². The first-order valence-corrected chi connectivity index (χ1v) is 12.9. The van der Waals surface area contributed by atoms with Crippen LogP contribution < -0.4 is 4.90 Å². The first-order chi connectivity index (χ1) is 17.5. The molecule has 6 heteroatoms. The van der Waals surface area contributed by atoms with Crippen molar-refractivity contribution in [1.82, 2.24) is 9.78 Å². The van der Waals surface area contributed by atoms with Gasteiger partial charge in [-0.15, -0.1) is 5.10 Å². The van der Waals surface area contributed by atoms with Gasteiger partial charge in [0, 0.05) is 30.0 Å². The summed E-state index contributed by atoms with van der Waals surface area (Å²) in [5.41, 5.74) is 6.08. The van der Waals surface area contributed by atoms with Crippen LogP contribution >= 0.6 is 0 Å². The first-order valence-electron chi connectivity index (χ1n) is 12.9. The fourth-order valence-corrected chi connectivity index (χ4v) is 6.73. The Morgan fingerprint density at radius 1 is 1.06 bits per heavy atom. The number of morpholine rings is 1. The molecule has 0 bridgehead atoms. The lowest BCUT2D eigenvalue weighted by molar-refractivity contribution is 0.122. The molecular formula is C30H32N4O2. The molecule has 1 aromatic heterocycles. The summed E-state index contributed by atoms with van der Waals surface area (Å²) in [6.45, 7) is 7.42. The van der Waals surface area contributed by atoms with Crippen LogP contribution in [0.25, 0.3) is 16.8 Å². The molecule has 36 heavy (non-hydrogen) atoms. The van der Waals surface area contributed by atoms with Crippen molar-refractivity contribution < 1.29 is 9.84 Å². The molecule has 0 radical (unpaired) electrons. The van der Waals surface area contributed by atoms with Crippen molar-refractivity contribution in [3.63, 3.8) is 0 Å². The number of aliphatic hydroxyl groups excluding tert-OH is 1. The Bertz CT molecular complexity index is 1350. The molecule has 1 saturated heterocycles. The van der Waals surface area contributed by atoms with Gasteiger partial charge in [0.1, 0.15) is 5.76 Å². The van der Waals surface area contributed by atoms with Gasteiger partial charge in [-0.25, -0.2) is 4.68 Å². The lowest BCUT2D eigenvalue weighted by atomic mass is 9.57. The number of hydrogen-bond donors (Lipinski definition) is 1. The minimum Gasteiger partial charge on any atom is -0.511 e. The molecule has 0 spiro atoms. The van der Waals surface area contributed by atoms with Gasteiger partial charge in [0.05, 0.1) is 36.2 Å². The predicted molar refractivity (Wildman–Crippen MR) is 140 cm³/mol. The summed E-state index contributed by atoms with van der Waals surface area (Å²) in [5.74, 6) is 1.51. The molecule has 6 rings (SSSR count). The average molecular weight is 481 g/mol. The number of nitrogens with zero attached hydrogens (tertiary/aromatic N) is 4. The third kappa shape index (κ3) is 3.53. The standard InChI is InChI=1S/C30H32N4O2/c1-20-26-13-12-25-28(30(26,2)18-23(19-31)27(20)35)34(32-29(25)33-14-16-36-17-15-33)24-10-8-22(9-11-24)21-6-4-3-5-7-21/h3-11,20,26,35H,12-18H2,1-2H3/t20-,26-,30-/m1/s1. The summed E-state index contributed by atoms with van der Waals surface area (Å²) in [6.07, 6.45) is 2.43. The maximum Gasteiger partial charge on any atom is 0.154 e. The Kier molecular flexibility index (Phi) is 5.61. The molecule has 0 amide bonds. The molecule has 1 N–H and O–H groups in total. The molecule has 1 fully saturated rings. The van der Waals surface area contributed by atoms with Gasteiger partial charge >= 0.3 is 0 Å².